The van der Waals surface area contributed by atoms with Gasteiger partial charge in [0.15, 0.2) is 12.0 Å². The third-order valence-corrected chi connectivity index (χ3v) is 4.64. The summed E-state index contributed by atoms with van der Waals surface area (Å²) in [5.41, 5.74) is 2.85. The van der Waals surface area contributed by atoms with Crippen molar-refractivity contribution in [2.24, 2.45) is 0 Å². The zero-order valence-electron chi connectivity index (χ0n) is 16.2. The van der Waals surface area contributed by atoms with E-state index in [1.54, 1.807) is 14.0 Å². The quantitative estimate of drug-likeness (QED) is 0.363. The largest absolute Gasteiger partial charge is 0.451 e. The van der Waals surface area contributed by atoms with Crippen LogP contribution in [-0.4, -0.2) is 38.6 Å². The van der Waals surface area contributed by atoms with E-state index >= 15 is 0 Å². The molecule has 0 bridgehead atoms. The number of rotatable bonds is 6. The number of nitrogens with one attached hydrogen (secondary N) is 4. The molecular weight excluding hydrogens is 389 g/mol. The van der Waals surface area contributed by atoms with Crippen LogP contribution < -0.4 is 10.6 Å². The first kappa shape index (κ1) is 19.2. The molecular formula is C20H18FN7O2. The fourth-order valence-electron chi connectivity index (χ4n) is 3.05. The summed E-state index contributed by atoms with van der Waals surface area (Å²) in [6, 6.07) is 3.71. The Labute approximate surface area is 170 Å². The molecule has 3 aromatic heterocycles. The molecule has 10 heteroatoms. The van der Waals surface area contributed by atoms with Crippen molar-refractivity contribution in [3.8, 4) is 0 Å². The Morgan fingerprint density at radius 2 is 2.13 bits per heavy atom. The van der Waals surface area contributed by atoms with Gasteiger partial charge in [0.05, 0.1) is 23.5 Å². The number of nitrogens with zero attached hydrogens (tertiary/aromatic N) is 3. The summed E-state index contributed by atoms with van der Waals surface area (Å²) in [5.74, 6) is -0.782. The van der Waals surface area contributed by atoms with Gasteiger partial charge in [0.2, 0.25) is 0 Å². The van der Waals surface area contributed by atoms with Crippen LogP contribution in [-0.2, 0) is 0 Å². The molecule has 0 aliphatic rings. The van der Waals surface area contributed by atoms with Crippen molar-refractivity contribution in [3.63, 3.8) is 0 Å². The minimum atomic E-state index is -0.414. The van der Waals surface area contributed by atoms with Gasteiger partial charge in [-0.25, -0.2) is 19.3 Å². The summed E-state index contributed by atoms with van der Waals surface area (Å²) >= 11 is 0. The zero-order chi connectivity index (χ0) is 21.3. The smallest absolute Gasteiger partial charge is 0.255 e. The SMILES string of the molecule is CNc1cc(F)ccc1C(=N)c1cnc2[nH]cc(C(=O)NC(C)c3cocn3)c2n1. The number of hydrogen-bond donors (Lipinski definition) is 4. The average molecular weight is 407 g/mol. The van der Waals surface area contributed by atoms with Gasteiger partial charge in [-0.3, -0.25) is 10.2 Å². The van der Waals surface area contributed by atoms with Crippen LogP contribution in [0, 0.1) is 11.2 Å². The number of anilines is 1. The van der Waals surface area contributed by atoms with Crippen LogP contribution in [0.25, 0.3) is 11.2 Å². The van der Waals surface area contributed by atoms with E-state index in [-0.39, 0.29) is 28.9 Å². The highest BCUT2D eigenvalue weighted by Gasteiger charge is 2.20. The van der Waals surface area contributed by atoms with E-state index in [2.05, 4.69) is 30.6 Å². The predicted octanol–water partition coefficient (Wildman–Crippen LogP) is 3.03. The van der Waals surface area contributed by atoms with Gasteiger partial charge in [0.25, 0.3) is 5.91 Å². The van der Waals surface area contributed by atoms with E-state index in [1.807, 2.05) is 0 Å². The van der Waals surface area contributed by atoms with Gasteiger partial charge in [0, 0.05) is 24.5 Å². The van der Waals surface area contributed by atoms with Gasteiger partial charge in [-0.05, 0) is 25.1 Å². The molecule has 1 amide bonds. The van der Waals surface area contributed by atoms with E-state index in [9.17, 15) is 9.18 Å². The van der Waals surface area contributed by atoms with Crippen molar-refractivity contribution >= 4 is 28.5 Å². The summed E-state index contributed by atoms with van der Waals surface area (Å²) in [6.07, 6.45) is 5.70. The van der Waals surface area contributed by atoms with E-state index in [0.29, 0.717) is 28.1 Å². The van der Waals surface area contributed by atoms with Crippen LogP contribution in [0.2, 0.25) is 0 Å². The number of halogens is 1. The minimum absolute atomic E-state index is 0.0530. The Kier molecular flexibility index (Phi) is 4.97. The zero-order valence-corrected chi connectivity index (χ0v) is 16.2. The van der Waals surface area contributed by atoms with E-state index in [1.165, 1.54) is 43.2 Å². The summed E-state index contributed by atoms with van der Waals surface area (Å²) in [7, 11) is 1.64. The summed E-state index contributed by atoms with van der Waals surface area (Å²) < 4.78 is 18.5. The first-order valence-electron chi connectivity index (χ1n) is 9.07. The summed E-state index contributed by atoms with van der Waals surface area (Å²) in [4.78, 5) is 28.4. The lowest BCUT2D eigenvalue weighted by molar-refractivity contribution is 0.0940. The standard InChI is InChI=1S/C20H18FN7O2/c1-10(16-8-30-9-26-16)27-20(29)13-6-24-19-18(13)28-15(7-25-19)17(22)12-4-3-11(21)5-14(12)23-2/h3-10,22-23H,1-2H3,(H,24,25)(H,27,29). The second-order valence-corrected chi connectivity index (χ2v) is 6.58. The fourth-order valence-corrected chi connectivity index (χ4v) is 3.05. The number of aromatic nitrogens is 4. The van der Waals surface area contributed by atoms with Crippen LogP contribution in [0.4, 0.5) is 10.1 Å². The molecule has 1 unspecified atom stereocenters. The van der Waals surface area contributed by atoms with Gasteiger partial charge in [0.1, 0.15) is 29.0 Å². The molecule has 0 aliphatic heterocycles. The highest BCUT2D eigenvalue weighted by molar-refractivity contribution is 6.14. The Morgan fingerprint density at radius 3 is 2.87 bits per heavy atom. The van der Waals surface area contributed by atoms with Gasteiger partial charge >= 0.3 is 0 Å². The number of fused-ring (bicyclic) bond motifs is 1. The maximum atomic E-state index is 13.5. The molecule has 1 atom stereocenters. The molecule has 3 heterocycles. The maximum absolute atomic E-state index is 13.5. The van der Waals surface area contributed by atoms with Crippen molar-refractivity contribution in [2.75, 3.05) is 12.4 Å². The van der Waals surface area contributed by atoms with Crippen molar-refractivity contribution in [2.45, 2.75) is 13.0 Å². The Hall–Kier alpha value is -4.08. The number of carbonyl (C=O) groups excluding carboxylic acids is 1. The van der Waals surface area contributed by atoms with E-state index < -0.39 is 5.82 Å². The number of carbonyl (C=O) groups is 1. The predicted molar refractivity (Wildman–Crippen MR) is 108 cm³/mol. The van der Waals surface area contributed by atoms with Crippen LogP contribution in [0.1, 0.15) is 40.3 Å². The number of H-pyrrole nitrogens is 1. The molecule has 4 aromatic rings. The minimum Gasteiger partial charge on any atom is -0.451 e. The maximum Gasteiger partial charge on any atom is 0.255 e. The van der Waals surface area contributed by atoms with E-state index in [4.69, 9.17) is 9.83 Å². The highest BCUT2D eigenvalue weighted by atomic mass is 19.1. The highest BCUT2D eigenvalue weighted by Crippen LogP contribution is 2.22. The van der Waals surface area contributed by atoms with Crippen molar-refractivity contribution in [3.05, 3.63) is 71.6 Å². The monoisotopic (exact) mass is 407 g/mol. The molecule has 0 saturated heterocycles. The lowest BCUT2D eigenvalue weighted by Gasteiger charge is -2.11. The van der Waals surface area contributed by atoms with Crippen molar-refractivity contribution in [1.29, 1.82) is 5.41 Å². The normalized spacial score (nSPS) is 12.0. The summed E-state index contributed by atoms with van der Waals surface area (Å²) in [5, 5.41) is 14.2. The lowest BCUT2D eigenvalue weighted by atomic mass is 10.1. The second-order valence-electron chi connectivity index (χ2n) is 6.58. The number of amides is 1. The Morgan fingerprint density at radius 1 is 1.30 bits per heavy atom. The topological polar surface area (TPSA) is 133 Å². The molecule has 0 aliphatic carbocycles. The molecule has 0 saturated carbocycles. The average Bonchev–Trinajstić information content (AvgIpc) is 3.42. The number of aromatic amines is 1. The number of benzene rings is 1. The Balaban J connectivity index is 1.66. The number of hydrogen-bond acceptors (Lipinski definition) is 7. The van der Waals surface area contributed by atoms with E-state index in [0.717, 1.165) is 0 Å². The van der Waals surface area contributed by atoms with Gasteiger partial charge in [-0.1, -0.05) is 0 Å². The van der Waals surface area contributed by atoms with Crippen molar-refractivity contribution in [1.82, 2.24) is 25.3 Å². The molecule has 0 fully saturated rings. The molecule has 30 heavy (non-hydrogen) atoms. The third-order valence-electron chi connectivity index (χ3n) is 4.64. The molecule has 9 nitrogen and oxygen atoms in total. The van der Waals surface area contributed by atoms with Crippen molar-refractivity contribution < 1.29 is 13.6 Å². The van der Waals surface area contributed by atoms with Gasteiger partial charge in [-0.2, -0.15) is 0 Å². The molecule has 0 radical (unpaired) electrons. The third kappa shape index (κ3) is 3.50. The van der Waals surface area contributed by atoms with Crippen LogP contribution in [0.15, 0.2) is 47.7 Å². The van der Waals surface area contributed by atoms with Crippen LogP contribution >= 0.6 is 0 Å². The first-order chi connectivity index (χ1) is 14.5. The van der Waals surface area contributed by atoms with Crippen LogP contribution in [0.5, 0.6) is 0 Å². The second kappa shape index (κ2) is 7.74. The molecule has 1 aromatic carbocycles. The Bertz CT molecular complexity index is 1230. The molecule has 4 rings (SSSR count). The molecule has 152 valence electrons. The van der Waals surface area contributed by atoms with Gasteiger partial charge < -0.3 is 20.0 Å². The van der Waals surface area contributed by atoms with Crippen LogP contribution in [0.3, 0.4) is 0 Å². The summed E-state index contributed by atoms with van der Waals surface area (Å²) in [6.45, 7) is 1.78. The molecule has 4 N–H and O–H groups in total. The lowest BCUT2D eigenvalue weighted by Crippen LogP contribution is -2.26. The number of oxazole rings is 1. The first-order valence-corrected chi connectivity index (χ1v) is 9.07. The fraction of sp³-hybridized carbons (Fsp3) is 0.150. The van der Waals surface area contributed by atoms with Gasteiger partial charge in [-0.15, -0.1) is 0 Å². The molecule has 0 spiro atoms.